The summed E-state index contributed by atoms with van der Waals surface area (Å²) < 4.78 is 0. The lowest BCUT2D eigenvalue weighted by Gasteiger charge is -2.35. The van der Waals surface area contributed by atoms with Crippen molar-refractivity contribution in [1.82, 2.24) is 0 Å². The molecule has 2 rings (SSSR count). The zero-order valence-electron chi connectivity index (χ0n) is 9.55. The molecule has 0 aromatic heterocycles. The average molecular weight is 208 g/mol. The predicted molar refractivity (Wildman–Crippen MR) is 58.5 cm³/mol. The van der Waals surface area contributed by atoms with Gasteiger partial charge in [-0.25, -0.2) is 0 Å². The molecule has 2 saturated carbocycles. The monoisotopic (exact) mass is 208 g/mol. The van der Waals surface area contributed by atoms with E-state index >= 15 is 0 Å². The second-order valence-electron chi connectivity index (χ2n) is 5.12. The molecular formula is C13H20O2. The summed E-state index contributed by atoms with van der Waals surface area (Å²) in [6.07, 6.45) is 7.89. The van der Waals surface area contributed by atoms with Gasteiger partial charge in [-0.05, 0) is 25.7 Å². The third kappa shape index (κ3) is 1.75. The summed E-state index contributed by atoms with van der Waals surface area (Å²) in [4.78, 5) is 24.0. The number of carbonyl (C=O) groups is 2. The fourth-order valence-electron chi connectivity index (χ4n) is 3.37. The maximum atomic E-state index is 12.3. The highest BCUT2D eigenvalue weighted by Gasteiger charge is 2.47. The highest BCUT2D eigenvalue weighted by atomic mass is 16.2. The number of carbonyl (C=O) groups excluding carboxylic acids is 2. The van der Waals surface area contributed by atoms with E-state index in [9.17, 15) is 9.59 Å². The zero-order valence-corrected chi connectivity index (χ0v) is 9.55. The maximum absolute atomic E-state index is 12.3. The van der Waals surface area contributed by atoms with Crippen LogP contribution in [0.5, 0.6) is 0 Å². The Morgan fingerprint density at radius 2 is 1.87 bits per heavy atom. The fourth-order valence-corrected chi connectivity index (χ4v) is 3.37. The number of rotatable bonds is 2. The van der Waals surface area contributed by atoms with Gasteiger partial charge in [0.15, 0.2) is 0 Å². The molecule has 1 spiro atoms. The van der Waals surface area contributed by atoms with E-state index in [2.05, 4.69) is 0 Å². The van der Waals surface area contributed by atoms with Crippen molar-refractivity contribution in [3.8, 4) is 0 Å². The van der Waals surface area contributed by atoms with Crippen LogP contribution in [0.1, 0.15) is 58.3 Å². The van der Waals surface area contributed by atoms with E-state index in [1.54, 1.807) is 0 Å². The first kappa shape index (κ1) is 10.8. The SMILES string of the molecule is CCC(=O)C1CCCC2(CCCC2)C1=O. The van der Waals surface area contributed by atoms with Gasteiger partial charge in [0.25, 0.3) is 0 Å². The average Bonchev–Trinajstić information content (AvgIpc) is 2.71. The van der Waals surface area contributed by atoms with E-state index in [0.717, 1.165) is 32.1 Å². The Balaban J connectivity index is 2.16. The zero-order chi connectivity index (χ0) is 10.9. The third-order valence-electron chi connectivity index (χ3n) is 4.29. The van der Waals surface area contributed by atoms with Crippen LogP contribution in [0.2, 0.25) is 0 Å². The molecule has 2 aliphatic carbocycles. The van der Waals surface area contributed by atoms with Crippen LogP contribution in [-0.4, -0.2) is 11.6 Å². The Bertz CT molecular complexity index is 274. The summed E-state index contributed by atoms with van der Waals surface area (Å²) in [5.74, 6) is 0.214. The van der Waals surface area contributed by atoms with E-state index in [1.807, 2.05) is 6.92 Å². The van der Waals surface area contributed by atoms with E-state index in [1.165, 1.54) is 12.8 Å². The molecule has 1 atom stereocenters. The summed E-state index contributed by atoms with van der Waals surface area (Å²) in [7, 11) is 0. The van der Waals surface area contributed by atoms with Gasteiger partial charge in [-0.1, -0.05) is 26.2 Å². The predicted octanol–water partition coefficient (Wildman–Crippen LogP) is 2.90. The minimum Gasteiger partial charge on any atom is -0.299 e. The molecule has 0 aromatic rings. The first-order chi connectivity index (χ1) is 7.19. The van der Waals surface area contributed by atoms with Crippen LogP contribution in [0.4, 0.5) is 0 Å². The summed E-state index contributed by atoms with van der Waals surface area (Å²) >= 11 is 0. The van der Waals surface area contributed by atoms with Crippen molar-refractivity contribution >= 4 is 11.6 Å². The normalized spacial score (nSPS) is 29.7. The van der Waals surface area contributed by atoms with Crippen molar-refractivity contribution < 1.29 is 9.59 Å². The van der Waals surface area contributed by atoms with Crippen molar-refractivity contribution in [3.05, 3.63) is 0 Å². The first-order valence-electron chi connectivity index (χ1n) is 6.27. The van der Waals surface area contributed by atoms with Gasteiger partial charge in [0.05, 0.1) is 5.92 Å². The molecular weight excluding hydrogens is 188 g/mol. The quantitative estimate of drug-likeness (QED) is 0.654. The molecule has 0 aliphatic heterocycles. The van der Waals surface area contributed by atoms with Gasteiger partial charge in [0.1, 0.15) is 11.6 Å². The Kier molecular flexibility index (Phi) is 2.94. The Labute approximate surface area is 91.4 Å². The van der Waals surface area contributed by atoms with E-state index in [0.29, 0.717) is 6.42 Å². The molecule has 0 N–H and O–H groups in total. The third-order valence-corrected chi connectivity index (χ3v) is 4.29. The van der Waals surface area contributed by atoms with Gasteiger partial charge in [-0.3, -0.25) is 9.59 Å². The second-order valence-corrected chi connectivity index (χ2v) is 5.12. The van der Waals surface area contributed by atoms with Crippen molar-refractivity contribution in [1.29, 1.82) is 0 Å². The van der Waals surface area contributed by atoms with Crippen LogP contribution < -0.4 is 0 Å². The van der Waals surface area contributed by atoms with Crippen molar-refractivity contribution in [3.63, 3.8) is 0 Å². The lowest BCUT2D eigenvalue weighted by Crippen LogP contribution is -2.41. The van der Waals surface area contributed by atoms with Crippen LogP contribution >= 0.6 is 0 Å². The molecule has 2 nitrogen and oxygen atoms in total. The van der Waals surface area contributed by atoms with Gasteiger partial charge in [0.2, 0.25) is 0 Å². The Hall–Kier alpha value is -0.660. The van der Waals surface area contributed by atoms with Crippen LogP contribution in [-0.2, 0) is 9.59 Å². The highest BCUT2D eigenvalue weighted by molar-refractivity contribution is 6.05. The van der Waals surface area contributed by atoms with E-state index < -0.39 is 0 Å². The molecule has 0 radical (unpaired) electrons. The molecule has 2 aliphatic rings. The summed E-state index contributed by atoms with van der Waals surface area (Å²) in [5.41, 5.74) is -0.0756. The van der Waals surface area contributed by atoms with Crippen molar-refractivity contribution in [2.45, 2.75) is 58.3 Å². The van der Waals surface area contributed by atoms with Gasteiger partial charge in [-0.2, -0.15) is 0 Å². The molecule has 15 heavy (non-hydrogen) atoms. The molecule has 0 heterocycles. The van der Waals surface area contributed by atoms with Crippen molar-refractivity contribution in [2.75, 3.05) is 0 Å². The fraction of sp³-hybridized carbons (Fsp3) is 0.846. The molecule has 2 fully saturated rings. The van der Waals surface area contributed by atoms with Crippen LogP contribution in [0.3, 0.4) is 0 Å². The number of hydrogen-bond acceptors (Lipinski definition) is 2. The Morgan fingerprint density at radius 3 is 2.47 bits per heavy atom. The highest BCUT2D eigenvalue weighted by Crippen LogP contribution is 2.48. The van der Waals surface area contributed by atoms with Crippen molar-refractivity contribution in [2.24, 2.45) is 11.3 Å². The lowest BCUT2D eigenvalue weighted by atomic mass is 9.66. The second kappa shape index (κ2) is 4.07. The van der Waals surface area contributed by atoms with Gasteiger partial charge < -0.3 is 0 Å². The molecule has 2 heteroatoms. The van der Waals surface area contributed by atoms with Crippen LogP contribution in [0.25, 0.3) is 0 Å². The largest absolute Gasteiger partial charge is 0.299 e. The van der Waals surface area contributed by atoms with Gasteiger partial charge in [-0.15, -0.1) is 0 Å². The van der Waals surface area contributed by atoms with Gasteiger partial charge in [0, 0.05) is 11.8 Å². The number of Topliss-reactive ketones (excluding diaryl/α,β-unsaturated/α-hetero) is 2. The Morgan fingerprint density at radius 1 is 1.27 bits per heavy atom. The molecule has 0 aromatic carbocycles. The summed E-state index contributed by atoms with van der Waals surface area (Å²) in [5, 5.41) is 0. The van der Waals surface area contributed by atoms with E-state index in [-0.39, 0.29) is 22.9 Å². The molecule has 0 amide bonds. The summed E-state index contributed by atoms with van der Waals surface area (Å²) in [6, 6.07) is 0. The summed E-state index contributed by atoms with van der Waals surface area (Å²) in [6.45, 7) is 1.87. The van der Waals surface area contributed by atoms with Crippen LogP contribution in [0.15, 0.2) is 0 Å². The van der Waals surface area contributed by atoms with Crippen LogP contribution in [0, 0.1) is 11.3 Å². The minimum atomic E-state index is -0.248. The topological polar surface area (TPSA) is 34.1 Å². The lowest BCUT2D eigenvalue weighted by molar-refractivity contribution is -0.142. The first-order valence-corrected chi connectivity index (χ1v) is 6.27. The smallest absolute Gasteiger partial charge is 0.149 e. The molecule has 1 unspecified atom stereocenters. The van der Waals surface area contributed by atoms with E-state index in [4.69, 9.17) is 0 Å². The number of hydrogen-bond donors (Lipinski definition) is 0. The maximum Gasteiger partial charge on any atom is 0.149 e. The molecule has 84 valence electrons. The minimum absolute atomic E-state index is 0.0756. The van der Waals surface area contributed by atoms with Gasteiger partial charge >= 0.3 is 0 Å². The standard InChI is InChI=1S/C13H20O2/c1-2-11(14)10-6-5-9-13(12(10)15)7-3-4-8-13/h10H,2-9H2,1H3. The molecule has 0 bridgehead atoms. The molecule has 0 saturated heterocycles. The number of ketones is 2.